The van der Waals surface area contributed by atoms with E-state index in [0.717, 1.165) is 5.56 Å². The molecule has 0 spiro atoms. The number of aryl methyl sites for hydroxylation is 1. The highest BCUT2D eigenvalue weighted by molar-refractivity contribution is 5.93. The summed E-state index contributed by atoms with van der Waals surface area (Å²) in [4.78, 5) is 24.1. The van der Waals surface area contributed by atoms with Gasteiger partial charge in [-0.1, -0.05) is 0 Å². The van der Waals surface area contributed by atoms with E-state index in [2.05, 4.69) is 4.99 Å². The van der Waals surface area contributed by atoms with Gasteiger partial charge in [-0.3, -0.25) is 4.79 Å². The van der Waals surface area contributed by atoms with Crippen LogP contribution in [0.5, 0.6) is 0 Å². The fourth-order valence-electron chi connectivity index (χ4n) is 0.983. The minimum atomic E-state index is -0.496. The molecule has 0 aliphatic heterocycles. The van der Waals surface area contributed by atoms with E-state index in [9.17, 15) is 9.59 Å². The molecule has 0 aromatic heterocycles. The third-order valence-electron chi connectivity index (χ3n) is 1.65. The monoisotopic (exact) mass is 176 g/mol. The summed E-state index contributed by atoms with van der Waals surface area (Å²) in [5, 5.41) is 0. The van der Waals surface area contributed by atoms with Gasteiger partial charge in [-0.2, -0.15) is 4.99 Å². The van der Waals surface area contributed by atoms with Crippen LogP contribution in [-0.2, 0) is 4.79 Å². The standard InChI is InChI=1S/C9H8N2O2/c1-6-4-7(9(10)13)2-3-8(6)11-5-12/h2-4H,1H3,(H2,10,13). The molecule has 1 rings (SSSR count). The number of carbonyl (C=O) groups excluding carboxylic acids is 2. The van der Waals surface area contributed by atoms with Crippen molar-refractivity contribution in [3.63, 3.8) is 0 Å². The van der Waals surface area contributed by atoms with Crippen LogP contribution < -0.4 is 5.73 Å². The van der Waals surface area contributed by atoms with E-state index in [1.807, 2.05) is 0 Å². The first kappa shape index (κ1) is 9.16. The largest absolute Gasteiger partial charge is 0.366 e. The average molecular weight is 176 g/mol. The normalized spacial score (nSPS) is 9.00. The smallest absolute Gasteiger partial charge is 0.248 e. The van der Waals surface area contributed by atoms with E-state index in [0.29, 0.717) is 11.3 Å². The summed E-state index contributed by atoms with van der Waals surface area (Å²) >= 11 is 0. The Bertz CT molecular complexity index is 393. The highest BCUT2D eigenvalue weighted by Gasteiger charge is 2.02. The third-order valence-corrected chi connectivity index (χ3v) is 1.65. The molecule has 2 N–H and O–H groups in total. The van der Waals surface area contributed by atoms with E-state index < -0.39 is 5.91 Å². The van der Waals surface area contributed by atoms with Gasteiger partial charge < -0.3 is 5.73 Å². The van der Waals surface area contributed by atoms with Crippen LogP contribution in [0.3, 0.4) is 0 Å². The Labute approximate surface area is 75.1 Å². The third kappa shape index (κ3) is 2.01. The van der Waals surface area contributed by atoms with Gasteiger partial charge in [0.2, 0.25) is 12.0 Å². The molecule has 4 nitrogen and oxygen atoms in total. The molecule has 0 heterocycles. The molecule has 1 aromatic carbocycles. The van der Waals surface area contributed by atoms with E-state index >= 15 is 0 Å². The lowest BCUT2D eigenvalue weighted by Crippen LogP contribution is -2.10. The number of primary amides is 1. The molecular weight excluding hydrogens is 168 g/mol. The van der Waals surface area contributed by atoms with Crippen LogP contribution >= 0.6 is 0 Å². The lowest BCUT2D eigenvalue weighted by molar-refractivity contribution is 0.1000. The number of hydrogen-bond acceptors (Lipinski definition) is 3. The molecule has 1 amide bonds. The zero-order chi connectivity index (χ0) is 9.84. The molecule has 0 saturated heterocycles. The van der Waals surface area contributed by atoms with Crippen LogP contribution in [0.25, 0.3) is 0 Å². The molecule has 0 bridgehead atoms. The Hall–Kier alpha value is -1.93. The molecule has 0 saturated carbocycles. The summed E-state index contributed by atoms with van der Waals surface area (Å²) in [7, 11) is 0. The molecule has 66 valence electrons. The molecule has 13 heavy (non-hydrogen) atoms. The zero-order valence-electron chi connectivity index (χ0n) is 7.07. The second kappa shape index (κ2) is 3.65. The number of isocyanates is 1. The summed E-state index contributed by atoms with van der Waals surface area (Å²) in [5.74, 6) is -0.496. The Balaban J connectivity index is 3.19. The Morgan fingerprint density at radius 1 is 1.54 bits per heavy atom. The van der Waals surface area contributed by atoms with Crippen LogP contribution in [0.1, 0.15) is 15.9 Å². The molecule has 1 aromatic rings. The minimum absolute atomic E-state index is 0.405. The molecule has 4 heteroatoms. The van der Waals surface area contributed by atoms with Gasteiger partial charge in [-0.05, 0) is 30.7 Å². The maximum Gasteiger partial charge on any atom is 0.248 e. The van der Waals surface area contributed by atoms with Gasteiger partial charge in [0.25, 0.3) is 0 Å². The van der Waals surface area contributed by atoms with E-state index in [1.54, 1.807) is 19.1 Å². The fraction of sp³-hybridized carbons (Fsp3) is 0.111. The second-order valence-corrected chi connectivity index (χ2v) is 2.57. The molecule has 0 unspecified atom stereocenters. The van der Waals surface area contributed by atoms with Crippen LogP contribution in [0.4, 0.5) is 5.69 Å². The molecule has 0 aliphatic carbocycles. The first-order valence-electron chi connectivity index (χ1n) is 3.63. The predicted molar refractivity (Wildman–Crippen MR) is 47.5 cm³/mol. The Kier molecular flexibility index (Phi) is 2.57. The number of nitrogens with zero attached hydrogens (tertiary/aromatic N) is 1. The fourth-order valence-corrected chi connectivity index (χ4v) is 0.983. The summed E-state index contributed by atoms with van der Waals surface area (Å²) in [6.45, 7) is 1.74. The molecule has 0 radical (unpaired) electrons. The van der Waals surface area contributed by atoms with E-state index in [4.69, 9.17) is 5.73 Å². The molecule has 0 atom stereocenters. The first-order valence-corrected chi connectivity index (χ1v) is 3.63. The van der Waals surface area contributed by atoms with Crippen molar-refractivity contribution in [2.45, 2.75) is 6.92 Å². The van der Waals surface area contributed by atoms with Gasteiger partial charge in [-0.15, -0.1) is 0 Å². The number of rotatable bonds is 2. The topological polar surface area (TPSA) is 72.5 Å². The highest BCUT2D eigenvalue weighted by atomic mass is 16.1. The lowest BCUT2D eigenvalue weighted by Gasteiger charge is -1.99. The van der Waals surface area contributed by atoms with Crippen molar-refractivity contribution in [1.29, 1.82) is 0 Å². The predicted octanol–water partition coefficient (Wildman–Crippen LogP) is 1.06. The number of carbonyl (C=O) groups is 1. The summed E-state index contributed by atoms with van der Waals surface area (Å²) < 4.78 is 0. The number of benzene rings is 1. The van der Waals surface area contributed by atoms with Crippen LogP contribution in [0.15, 0.2) is 23.2 Å². The average Bonchev–Trinajstić information content (AvgIpc) is 2.08. The summed E-state index contributed by atoms with van der Waals surface area (Å²) in [5.41, 5.74) is 6.69. The van der Waals surface area contributed by atoms with Crippen molar-refractivity contribution in [2.24, 2.45) is 10.7 Å². The van der Waals surface area contributed by atoms with Crippen molar-refractivity contribution in [1.82, 2.24) is 0 Å². The van der Waals surface area contributed by atoms with Crippen molar-refractivity contribution < 1.29 is 9.59 Å². The SMILES string of the molecule is Cc1cc(C(N)=O)ccc1N=C=O. The lowest BCUT2D eigenvalue weighted by atomic mass is 10.1. The molecule has 0 aliphatic rings. The minimum Gasteiger partial charge on any atom is -0.366 e. The van der Waals surface area contributed by atoms with Gasteiger partial charge in [0.05, 0.1) is 5.69 Å². The van der Waals surface area contributed by atoms with E-state index in [1.165, 1.54) is 12.1 Å². The van der Waals surface area contributed by atoms with Crippen molar-refractivity contribution in [2.75, 3.05) is 0 Å². The zero-order valence-corrected chi connectivity index (χ0v) is 7.07. The summed E-state index contributed by atoms with van der Waals surface area (Å²) in [6, 6.07) is 4.66. The van der Waals surface area contributed by atoms with Crippen LogP contribution in [0.2, 0.25) is 0 Å². The molecule has 0 fully saturated rings. The van der Waals surface area contributed by atoms with Crippen molar-refractivity contribution in [3.8, 4) is 0 Å². The van der Waals surface area contributed by atoms with Crippen LogP contribution in [0, 0.1) is 6.92 Å². The Morgan fingerprint density at radius 2 is 2.23 bits per heavy atom. The second-order valence-electron chi connectivity index (χ2n) is 2.57. The highest BCUT2D eigenvalue weighted by Crippen LogP contribution is 2.18. The van der Waals surface area contributed by atoms with Gasteiger partial charge in [0.15, 0.2) is 0 Å². The van der Waals surface area contributed by atoms with Gasteiger partial charge in [0.1, 0.15) is 0 Å². The maximum atomic E-state index is 10.7. The first-order chi connectivity index (χ1) is 6.15. The van der Waals surface area contributed by atoms with Crippen molar-refractivity contribution >= 4 is 17.7 Å². The van der Waals surface area contributed by atoms with Crippen molar-refractivity contribution in [3.05, 3.63) is 29.3 Å². The maximum absolute atomic E-state index is 10.7. The van der Waals surface area contributed by atoms with Gasteiger partial charge in [0, 0.05) is 5.56 Å². The van der Waals surface area contributed by atoms with E-state index in [-0.39, 0.29) is 0 Å². The number of nitrogens with two attached hydrogens (primary N) is 1. The van der Waals surface area contributed by atoms with Gasteiger partial charge >= 0.3 is 0 Å². The van der Waals surface area contributed by atoms with Crippen LogP contribution in [-0.4, -0.2) is 12.0 Å². The number of aliphatic imine (C=N–C) groups is 1. The quantitative estimate of drug-likeness (QED) is 0.540. The number of amides is 1. The Morgan fingerprint density at radius 3 is 2.69 bits per heavy atom. The number of hydrogen-bond donors (Lipinski definition) is 1. The molecular formula is C9H8N2O2. The summed E-state index contributed by atoms with van der Waals surface area (Å²) in [6.07, 6.45) is 1.43. The van der Waals surface area contributed by atoms with Gasteiger partial charge in [-0.25, -0.2) is 4.79 Å².